The van der Waals surface area contributed by atoms with Crippen molar-refractivity contribution >= 4 is 18.3 Å². The smallest absolute Gasteiger partial charge is 0.130 e. The molecule has 0 aliphatic carbocycles. The molecule has 72 valence electrons. The molecule has 2 nitrogen and oxygen atoms in total. The van der Waals surface area contributed by atoms with Gasteiger partial charge >= 0.3 is 0 Å². The Kier molecular flexibility index (Phi) is 3.48. The maximum Gasteiger partial charge on any atom is 0.130 e. The molecule has 0 atom stereocenters. The number of anilines is 1. The SMILES string of the molecule is CCN(CC)c1ccc(S)c(O)c1. The average Bonchev–Trinajstić information content (AvgIpc) is 2.13. The molecule has 0 amide bonds. The number of hydrogen-bond acceptors (Lipinski definition) is 3. The Morgan fingerprint density at radius 1 is 1.31 bits per heavy atom. The van der Waals surface area contributed by atoms with E-state index < -0.39 is 0 Å². The summed E-state index contributed by atoms with van der Waals surface area (Å²) in [6.07, 6.45) is 0. The van der Waals surface area contributed by atoms with Gasteiger partial charge in [-0.2, -0.15) is 0 Å². The normalized spacial score (nSPS) is 10.1. The highest BCUT2D eigenvalue weighted by atomic mass is 32.1. The largest absolute Gasteiger partial charge is 0.507 e. The fourth-order valence-corrected chi connectivity index (χ4v) is 1.44. The van der Waals surface area contributed by atoms with E-state index >= 15 is 0 Å². The average molecular weight is 197 g/mol. The number of nitrogens with zero attached hydrogens (tertiary/aromatic N) is 1. The van der Waals surface area contributed by atoms with E-state index in [0.29, 0.717) is 4.90 Å². The highest BCUT2D eigenvalue weighted by Crippen LogP contribution is 2.26. The van der Waals surface area contributed by atoms with Gasteiger partial charge in [0.15, 0.2) is 0 Å². The van der Waals surface area contributed by atoms with Crippen LogP contribution in [-0.2, 0) is 0 Å². The van der Waals surface area contributed by atoms with E-state index in [9.17, 15) is 5.11 Å². The molecule has 0 saturated carbocycles. The van der Waals surface area contributed by atoms with Crippen LogP contribution in [0.4, 0.5) is 5.69 Å². The van der Waals surface area contributed by atoms with Gasteiger partial charge in [-0.3, -0.25) is 0 Å². The lowest BCUT2D eigenvalue weighted by atomic mass is 10.2. The number of rotatable bonds is 3. The molecule has 0 heterocycles. The van der Waals surface area contributed by atoms with Crippen LogP contribution >= 0.6 is 12.6 Å². The molecule has 0 spiro atoms. The molecule has 0 bridgehead atoms. The number of hydrogen-bond donors (Lipinski definition) is 2. The fraction of sp³-hybridized carbons (Fsp3) is 0.400. The van der Waals surface area contributed by atoms with Gasteiger partial charge in [0.2, 0.25) is 0 Å². The Morgan fingerprint density at radius 3 is 2.38 bits per heavy atom. The predicted molar refractivity (Wildman–Crippen MR) is 58.9 cm³/mol. The van der Waals surface area contributed by atoms with Crippen molar-refractivity contribution in [1.82, 2.24) is 0 Å². The van der Waals surface area contributed by atoms with E-state index in [0.717, 1.165) is 18.8 Å². The third-order valence-corrected chi connectivity index (χ3v) is 2.47. The molecular weight excluding hydrogens is 182 g/mol. The first-order chi connectivity index (χ1) is 6.19. The van der Waals surface area contributed by atoms with E-state index in [2.05, 4.69) is 31.4 Å². The first kappa shape index (κ1) is 10.3. The van der Waals surface area contributed by atoms with Gasteiger partial charge in [-0.1, -0.05) is 0 Å². The quantitative estimate of drug-likeness (QED) is 0.727. The minimum absolute atomic E-state index is 0.243. The van der Waals surface area contributed by atoms with Crippen molar-refractivity contribution in [3.8, 4) is 5.75 Å². The van der Waals surface area contributed by atoms with E-state index in [-0.39, 0.29) is 5.75 Å². The van der Waals surface area contributed by atoms with Crippen molar-refractivity contribution in [2.45, 2.75) is 18.7 Å². The van der Waals surface area contributed by atoms with Crippen LogP contribution in [0.25, 0.3) is 0 Å². The summed E-state index contributed by atoms with van der Waals surface area (Å²) >= 11 is 4.10. The van der Waals surface area contributed by atoms with Crippen LogP contribution in [0, 0.1) is 0 Å². The van der Waals surface area contributed by atoms with Gasteiger partial charge in [0.25, 0.3) is 0 Å². The van der Waals surface area contributed by atoms with Crippen LogP contribution in [0.15, 0.2) is 23.1 Å². The van der Waals surface area contributed by atoms with Gasteiger partial charge in [-0.25, -0.2) is 0 Å². The van der Waals surface area contributed by atoms with E-state index in [1.165, 1.54) is 0 Å². The second-order valence-electron chi connectivity index (χ2n) is 2.85. The van der Waals surface area contributed by atoms with E-state index in [1.54, 1.807) is 6.07 Å². The second-order valence-corrected chi connectivity index (χ2v) is 3.33. The molecule has 1 rings (SSSR count). The maximum absolute atomic E-state index is 9.44. The second kappa shape index (κ2) is 4.42. The molecule has 0 aliphatic rings. The molecule has 1 N–H and O–H groups in total. The van der Waals surface area contributed by atoms with Gasteiger partial charge in [0.05, 0.1) is 0 Å². The summed E-state index contributed by atoms with van der Waals surface area (Å²) < 4.78 is 0. The topological polar surface area (TPSA) is 23.5 Å². The Labute approximate surface area is 84.6 Å². The van der Waals surface area contributed by atoms with Gasteiger partial charge in [0, 0.05) is 29.7 Å². The minimum Gasteiger partial charge on any atom is -0.507 e. The summed E-state index contributed by atoms with van der Waals surface area (Å²) in [5.74, 6) is 0.243. The Hall–Kier alpha value is -0.830. The lowest BCUT2D eigenvalue weighted by molar-refractivity contribution is 0.462. The first-order valence-corrected chi connectivity index (χ1v) is 4.90. The van der Waals surface area contributed by atoms with Crippen molar-refractivity contribution in [3.63, 3.8) is 0 Å². The summed E-state index contributed by atoms with van der Waals surface area (Å²) in [6.45, 7) is 6.08. The zero-order chi connectivity index (χ0) is 9.84. The monoisotopic (exact) mass is 197 g/mol. The summed E-state index contributed by atoms with van der Waals surface area (Å²) in [4.78, 5) is 2.79. The Morgan fingerprint density at radius 2 is 1.92 bits per heavy atom. The number of aromatic hydroxyl groups is 1. The number of thiol groups is 1. The number of phenolic OH excluding ortho intramolecular Hbond substituents is 1. The summed E-state index contributed by atoms with van der Waals surface area (Å²) in [7, 11) is 0. The van der Waals surface area contributed by atoms with Crippen molar-refractivity contribution in [2.24, 2.45) is 0 Å². The fourth-order valence-electron chi connectivity index (χ4n) is 1.30. The molecule has 0 aliphatic heterocycles. The van der Waals surface area contributed by atoms with Crippen molar-refractivity contribution in [2.75, 3.05) is 18.0 Å². The van der Waals surface area contributed by atoms with Gasteiger partial charge < -0.3 is 10.0 Å². The molecule has 1 aromatic rings. The summed E-state index contributed by atoms with van der Waals surface area (Å²) in [5.41, 5.74) is 1.04. The molecule has 1 aromatic carbocycles. The summed E-state index contributed by atoms with van der Waals surface area (Å²) in [6, 6.07) is 5.52. The lowest BCUT2D eigenvalue weighted by Gasteiger charge is -2.21. The zero-order valence-corrected chi connectivity index (χ0v) is 8.88. The van der Waals surface area contributed by atoms with Crippen LogP contribution in [0.5, 0.6) is 5.75 Å². The zero-order valence-electron chi connectivity index (χ0n) is 7.99. The highest BCUT2D eigenvalue weighted by molar-refractivity contribution is 7.80. The highest BCUT2D eigenvalue weighted by Gasteiger charge is 2.03. The van der Waals surface area contributed by atoms with E-state index in [1.807, 2.05) is 12.1 Å². The molecule has 13 heavy (non-hydrogen) atoms. The number of phenols is 1. The van der Waals surface area contributed by atoms with Crippen molar-refractivity contribution in [1.29, 1.82) is 0 Å². The van der Waals surface area contributed by atoms with E-state index in [4.69, 9.17) is 0 Å². The molecule has 0 fully saturated rings. The third-order valence-electron chi connectivity index (χ3n) is 2.09. The number of benzene rings is 1. The lowest BCUT2D eigenvalue weighted by Crippen LogP contribution is -2.21. The van der Waals surface area contributed by atoms with Crippen LogP contribution < -0.4 is 4.90 Å². The van der Waals surface area contributed by atoms with Gasteiger partial charge in [0.1, 0.15) is 5.75 Å². The van der Waals surface area contributed by atoms with Crippen LogP contribution in [0.3, 0.4) is 0 Å². The van der Waals surface area contributed by atoms with Gasteiger partial charge in [-0.15, -0.1) is 12.6 Å². The Bertz CT molecular complexity index is 284. The third kappa shape index (κ3) is 2.31. The summed E-state index contributed by atoms with van der Waals surface area (Å²) in [5, 5.41) is 9.44. The first-order valence-electron chi connectivity index (χ1n) is 4.46. The molecular formula is C10H15NOS. The standard InChI is InChI=1S/C10H15NOS/c1-3-11(4-2)8-5-6-10(13)9(12)7-8/h5-7,12-13H,3-4H2,1-2H3. The van der Waals surface area contributed by atoms with Crippen LogP contribution in [-0.4, -0.2) is 18.2 Å². The predicted octanol–water partition coefficient (Wildman–Crippen LogP) is 2.53. The maximum atomic E-state index is 9.44. The van der Waals surface area contributed by atoms with Gasteiger partial charge in [-0.05, 0) is 26.0 Å². The molecule has 3 heteroatoms. The van der Waals surface area contributed by atoms with Crippen LogP contribution in [0.1, 0.15) is 13.8 Å². The molecule has 0 radical (unpaired) electrons. The minimum atomic E-state index is 0.243. The molecule has 0 aromatic heterocycles. The van der Waals surface area contributed by atoms with Crippen molar-refractivity contribution in [3.05, 3.63) is 18.2 Å². The Balaban J connectivity index is 2.95. The molecule has 0 saturated heterocycles. The molecule has 0 unspecified atom stereocenters. The van der Waals surface area contributed by atoms with Crippen molar-refractivity contribution < 1.29 is 5.11 Å². The van der Waals surface area contributed by atoms with Crippen LogP contribution in [0.2, 0.25) is 0 Å².